The first kappa shape index (κ1) is 14.6. The molecule has 0 unspecified atom stereocenters. The Labute approximate surface area is 133 Å². The quantitative estimate of drug-likeness (QED) is 0.802. The van der Waals surface area contributed by atoms with Gasteiger partial charge in [-0.1, -0.05) is 11.6 Å². The minimum Gasteiger partial charge on any atom is -0.495 e. The lowest BCUT2D eigenvalue weighted by atomic mass is 10.3. The molecule has 0 saturated carbocycles. The number of benzene rings is 1. The number of nitrogens with zero attached hydrogens (tertiary/aromatic N) is 4. The van der Waals surface area contributed by atoms with Crippen LogP contribution in [-0.4, -0.2) is 26.9 Å². The molecule has 3 aromatic rings. The lowest BCUT2D eigenvalue weighted by Gasteiger charge is -2.10. The molecule has 1 aromatic carbocycles. The van der Waals surface area contributed by atoms with E-state index in [1.165, 1.54) is 0 Å². The van der Waals surface area contributed by atoms with E-state index in [9.17, 15) is 0 Å². The van der Waals surface area contributed by atoms with E-state index in [-0.39, 0.29) is 0 Å². The summed E-state index contributed by atoms with van der Waals surface area (Å²) in [7, 11) is 3.46. The van der Waals surface area contributed by atoms with Crippen LogP contribution in [0.15, 0.2) is 18.2 Å². The van der Waals surface area contributed by atoms with Crippen molar-refractivity contribution in [3.8, 4) is 5.75 Å². The molecule has 0 aliphatic heterocycles. The van der Waals surface area contributed by atoms with Crippen molar-refractivity contribution in [2.75, 3.05) is 12.4 Å². The zero-order valence-corrected chi connectivity index (χ0v) is 13.6. The highest BCUT2D eigenvalue weighted by Crippen LogP contribution is 2.30. The average molecular weight is 318 g/mol. The van der Waals surface area contributed by atoms with Crippen molar-refractivity contribution in [2.45, 2.75) is 13.8 Å². The SMILES string of the molecule is COc1ccc(Nc2nc(C)nc3c(C)nn(C)c23)cc1Cl. The molecule has 0 saturated heterocycles. The number of methoxy groups -OCH3 is 1. The highest BCUT2D eigenvalue weighted by atomic mass is 35.5. The molecule has 0 atom stereocenters. The Morgan fingerprint density at radius 2 is 2.00 bits per heavy atom. The maximum absolute atomic E-state index is 6.17. The van der Waals surface area contributed by atoms with Gasteiger partial charge in [0.05, 0.1) is 17.8 Å². The normalized spacial score (nSPS) is 11.0. The summed E-state index contributed by atoms with van der Waals surface area (Å²) < 4.78 is 6.94. The highest BCUT2D eigenvalue weighted by molar-refractivity contribution is 6.32. The third kappa shape index (κ3) is 2.46. The number of ether oxygens (including phenoxy) is 1. The number of halogens is 1. The van der Waals surface area contributed by atoms with Crippen molar-refractivity contribution in [3.63, 3.8) is 0 Å². The summed E-state index contributed by atoms with van der Waals surface area (Å²) in [5, 5.41) is 8.23. The fraction of sp³-hybridized carbons (Fsp3) is 0.267. The molecule has 22 heavy (non-hydrogen) atoms. The van der Waals surface area contributed by atoms with Crippen LogP contribution in [0.4, 0.5) is 11.5 Å². The predicted octanol–water partition coefficient (Wildman–Crippen LogP) is 3.39. The molecule has 0 bridgehead atoms. The second-order valence-electron chi connectivity index (χ2n) is 5.00. The van der Waals surface area contributed by atoms with Gasteiger partial charge in [-0.05, 0) is 32.0 Å². The summed E-state index contributed by atoms with van der Waals surface area (Å²) in [6, 6.07) is 5.49. The molecule has 0 aliphatic rings. The number of hydrogen-bond acceptors (Lipinski definition) is 5. The highest BCUT2D eigenvalue weighted by Gasteiger charge is 2.14. The van der Waals surface area contributed by atoms with E-state index in [0.29, 0.717) is 22.4 Å². The minimum absolute atomic E-state index is 0.538. The Balaban J connectivity index is 2.09. The average Bonchev–Trinajstić information content (AvgIpc) is 2.74. The van der Waals surface area contributed by atoms with Gasteiger partial charge in [0.1, 0.15) is 22.6 Å². The summed E-state index contributed by atoms with van der Waals surface area (Å²) in [6.45, 7) is 3.79. The molecule has 0 aliphatic carbocycles. The van der Waals surface area contributed by atoms with E-state index in [1.807, 2.05) is 33.0 Å². The summed E-state index contributed by atoms with van der Waals surface area (Å²) in [5.74, 6) is 2.02. The molecule has 0 radical (unpaired) electrons. The zero-order valence-electron chi connectivity index (χ0n) is 12.8. The van der Waals surface area contributed by atoms with E-state index in [2.05, 4.69) is 20.4 Å². The Morgan fingerprint density at radius 1 is 1.23 bits per heavy atom. The summed E-state index contributed by atoms with van der Waals surface area (Å²) >= 11 is 6.17. The number of fused-ring (bicyclic) bond motifs is 1. The lowest BCUT2D eigenvalue weighted by Crippen LogP contribution is -2.01. The molecule has 0 fully saturated rings. The molecular formula is C15H16ClN5O. The van der Waals surface area contributed by atoms with Gasteiger partial charge in [0, 0.05) is 12.7 Å². The smallest absolute Gasteiger partial charge is 0.160 e. The van der Waals surface area contributed by atoms with Crippen LogP contribution in [0.3, 0.4) is 0 Å². The first-order chi connectivity index (χ1) is 10.5. The van der Waals surface area contributed by atoms with Crippen molar-refractivity contribution in [3.05, 3.63) is 34.7 Å². The maximum Gasteiger partial charge on any atom is 0.160 e. The number of nitrogens with one attached hydrogen (secondary N) is 1. The van der Waals surface area contributed by atoms with Gasteiger partial charge in [0.2, 0.25) is 0 Å². The zero-order chi connectivity index (χ0) is 15.9. The predicted molar refractivity (Wildman–Crippen MR) is 87.1 cm³/mol. The van der Waals surface area contributed by atoms with Crippen LogP contribution in [-0.2, 0) is 7.05 Å². The lowest BCUT2D eigenvalue weighted by molar-refractivity contribution is 0.415. The third-order valence-electron chi connectivity index (χ3n) is 3.38. The molecule has 3 rings (SSSR count). The Kier molecular flexibility index (Phi) is 3.62. The van der Waals surface area contributed by atoms with Gasteiger partial charge in [-0.2, -0.15) is 5.10 Å². The van der Waals surface area contributed by atoms with Gasteiger partial charge in [-0.15, -0.1) is 0 Å². The topological polar surface area (TPSA) is 64.9 Å². The number of hydrogen-bond donors (Lipinski definition) is 1. The number of anilines is 2. The van der Waals surface area contributed by atoms with Crippen LogP contribution in [0.5, 0.6) is 5.75 Å². The number of rotatable bonds is 3. The van der Waals surface area contributed by atoms with E-state index < -0.39 is 0 Å². The van der Waals surface area contributed by atoms with Gasteiger partial charge in [-0.3, -0.25) is 4.68 Å². The minimum atomic E-state index is 0.538. The van der Waals surface area contributed by atoms with Crippen LogP contribution >= 0.6 is 11.6 Å². The van der Waals surface area contributed by atoms with Crippen molar-refractivity contribution in [1.29, 1.82) is 0 Å². The molecule has 2 aromatic heterocycles. The maximum atomic E-state index is 6.17. The van der Waals surface area contributed by atoms with Crippen molar-refractivity contribution in [2.24, 2.45) is 7.05 Å². The molecule has 2 heterocycles. The van der Waals surface area contributed by atoms with Gasteiger partial charge >= 0.3 is 0 Å². The Hall–Kier alpha value is -2.34. The van der Waals surface area contributed by atoms with E-state index >= 15 is 0 Å². The van der Waals surface area contributed by atoms with Crippen LogP contribution in [0.1, 0.15) is 11.5 Å². The molecule has 7 heteroatoms. The molecular weight excluding hydrogens is 302 g/mol. The summed E-state index contributed by atoms with van der Waals surface area (Å²) in [6.07, 6.45) is 0. The van der Waals surface area contributed by atoms with Crippen molar-refractivity contribution in [1.82, 2.24) is 19.7 Å². The summed E-state index contributed by atoms with van der Waals surface area (Å²) in [4.78, 5) is 8.95. The molecule has 1 N–H and O–H groups in total. The first-order valence-electron chi connectivity index (χ1n) is 6.78. The second kappa shape index (κ2) is 5.46. The fourth-order valence-corrected chi connectivity index (χ4v) is 2.67. The van der Waals surface area contributed by atoms with E-state index in [1.54, 1.807) is 17.9 Å². The largest absolute Gasteiger partial charge is 0.495 e. The molecule has 6 nitrogen and oxygen atoms in total. The van der Waals surface area contributed by atoms with Crippen LogP contribution < -0.4 is 10.1 Å². The summed E-state index contributed by atoms with van der Waals surface area (Å²) in [5.41, 5.74) is 3.40. The van der Waals surface area contributed by atoms with Gasteiger partial charge in [0.25, 0.3) is 0 Å². The van der Waals surface area contributed by atoms with Crippen molar-refractivity contribution >= 4 is 34.1 Å². The first-order valence-corrected chi connectivity index (χ1v) is 7.16. The van der Waals surface area contributed by atoms with Crippen LogP contribution in [0, 0.1) is 13.8 Å². The molecule has 114 valence electrons. The van der Waals surface area contributed by atoms with E-state index in [0.717, 1.165) is 22.4 Å². The monoisotopic (exact) mass is 317 g/mol. The number of aryl methyl sites for hydroxylation is 3. The van der Waals surface area contributed by atoms with Crippen LogP contribution in [0.25, 0.3) is 11.0 Å². The van der Waals surface area contributed by atoms with Gasteiger partial charge < -0.3 is 10.1 Å². The van der Waals surface area contributed by atoms with Gasteiger partial charge in [0.15, 0.2) is 5.82 Å². The van der Waals surface area contributed by atoms with Gasteiger partial charge in [-0.25, -0.2) is 9.97 Å². The Bertz CT molecular complexity index is 859. The standard InChI is InChI=1S/C15H16ClN5O/c1-8-13-14(21(3)20-8)15(18-9(2)17-13)19-10-5-6-12(22-4)11(16)7-10/h5-7H,1-4H3,(H,17,18,19). The van der Waals surface area contributed by atoms with Crippen molar-refractivity contribution < 1.29 is 4.74 Å². The third-order valence-corrected chi connectivity index (χ3v) is 3.67. The van der Waals surface area contributed by atoms with E-state index in [4.69, 9.17) is 16.3 Å². The number of aromatic nitrogens is 4. The second-order valence-corrected chi connectivity index (χ2v) is 5.41. The fourth-order valence-electron chi connectivity index (χ4n) is 2.42. The Morgan fingerprint density at radius 3 is 2.68 bits per heavy atom. The van der Waals surface area contributed by atoms with Crippen LogP contribution in [0.2, 0.25) is 5.02 Å². The molecule has 0 spiro atoms. The molecule has 0 amide bonds.